The second-order valence-electron chi connectivity index (χ2n) is 2.95. The van der Waals surface area contributed by atoms with Gasteiger partial charge in [0, 0.05) is 25.5 Å². The van der Waals surface area contributed by atoms with Crippen molar-refractivity contribution in [2.24, 2.45) is 7.05 Å². The van der Waals surface area contributed by atoms with Crippen molar-refractivity contribution in [2.45, 2.75) is 0 Å². The Morgan fingerprint density at radius 3 is 2.93 bits per heavy atom. The van der Waals surface area contributed by atoms with E-state index in [0.717, 1.165) is 0 Å². The fourth-order valence-corrected chi connectivity index (χ4v) is 1.26. The van der Waals surface area contributed by atoms with Crippen LogP contribution in [0.3, 0.4) is 0 Å². The molecule has 0 radical (unpaired) electrons. The molecule has 0 atom stereocenters. The summed E-state index contributed by atoms with van der Waals surface area (Å²) < 4.78 is 7.66. The van der Waals surface area contributed by atoms with Crippen molar-refractivity contribution in [1.82, 2.24) is 19.6 Å². The number of aryl methyl sites for hydroxylation is 1. The van der Waals surface area contributed by atoms with Crippen molar-refractivity contribution in [2.75, 3.05) is 7.11 Å². The van der Waals surface area contributed by atoms with Crippen molar-refractivity contribution in [3.63, 3.8) is 0 Å². The maximum Gasteiger partial charge on any atom is 0.356 e. The third kappa shape index (κ3) is 1.61. The monoisotopic (exact) mass is 206 g/mol. The molecule has 0 N–H and O–H groups in total. The number of rotatable bonds is 2. The number of esters is 1. The molecule has 0 aromatic carbocycles. The Morgan fingerprint density at radius 2 is 2.33 bits per heavy atom. The molecular formula is C9H10N4O2. The predicted octanol–water partition coefficient (Wildman–Crippen LogP) is 0.392. The number of carbonyl (C=O) groups excluding carboxylic acids is 1. The van der Waals surface area contributed by atoms with Gasteiger partial charge in [-0.05, 0) is 6.07 Å². The summed E-state index contributed by atoms with van der Waals surface area (Å²) in [6.07, 6.45) is 3.40. The van der Waals surface area contributed by atoms with E-state index >= 15 is 0 Å². The van der Waals surface area contributed by atoms with Gasteiger partial charge in [-0.25, -0.2) is 9.48 Å². The first-order valence-corrected chi connectivity index (χ1v) is 4.34. The van der Waals surface area contributed by atoms with Crippen molar-refractivity contribution in [3.8, 4) is 5.82 Å². The quantitative estimate of drug-likeness (QED) is 0.667. The zero-order valence-corrected chi connectivity index (χ0v) is 8.41. The summed E-state index contributed by atoms with van der Waals surface area (Å²) in [5.41, 5.74) is 0.392. The van der Waals surface area contributed by atoms with Gasteiger partial charge in [0.25, 0.3) is 0 Å². The maximum absolute atomic E-state index is 11.3. The molecule has 0 aliphatic carbocycles. The highest BCUT2D eigenvalue weighted by Gasteiger charge is 2.14. The van der Waals surface area contributed by atoms with E-state index in [-0.39, 0.29) is 0 Å². The summed E-state index contributed by atoms with van der Waals surface area (Å²) in [6, 6.07) is 3.41. The zero-order chi connectivity index (χ0) is 10.8. The van der Waals surface area contributed by atoms with E-state index in [0.29, 0.717) is 11.5 Å². The Labute approximate surface area is 86.1 Å². The minimum Gasteiger partial charge on any atom is -0.464 e. The topological polar surface area (TPSA) is 61.9 Å². The molecule has 6 heteroatoms. The molecule has 0 saturated heterocycles. The molecule has 0 aliphatic heterocycles. The van der Waals surface area contributed by atoms with Crippen LogP contribution in [0.4, 0.5) is 0 Å². The van der Waals surface area contributed by atoms with Gasteiger partial charge >= 0.3 is 5.97 Å². The number of methoxy groups -OCH3 is 1. The summed E-state index contributed by atoms with van der Waals surface area (Å²) in [5.74, 6) is 0.173. The lowest BCUT2D eigenvalue weighted by molar-refractivity contribution is 0.0588. The van der Waals surface area contributed by atoms with Crippen molar-refractivity contribution >= 4 is 5.97 Å². The molecule has 0 saturated carbocycles. The summed E-state index contributed by atoms with van der Waals surface area (Å²) in [6.45, 7) is 0. The van der Waals surface area contributed by atoms with Gasteiger partial charge in [0.05, 0.1) is 7.11 Å². The van der Waals surface area contributed by atoms with Gasteiger partial charge in [0.2, 0.25) is 0 Å². The molecule has 2 aromatic heterocycles. The number of carbonyl (C=O) groups is 1. The van der Waals surface area contributed by atoms with Gasteiger partial charge in [0.1, 0.15) is 5.69 Å². The van der Waals surface area contributed by atoms with Crippen molar-refractivity contribution < 1.29 is 9.53 Å². The predicted molar refractivity (Wildman–Crippen MR) is 51.7 cm³/mol. The van der Waals surface area contributed by atoms with Crippen LogP contribution < -0.4 is 0 Å². The van der Waals surface area contributed by atoms with Crippen molar-refractivity contribution in [1.29, 1.82) is 0 Å². The molecule has 2 heterocycles. The zero-order valence-electron chi connectivity index (χ0n) is 8.41. The average molecular weight is 206 g/mol. The van der Waals surface area contributed by atoms with E-state index in [9.17, 15) is 4.79 Å². The van der Waals surface area contributed by atoms with Crippen LogP contribution in [0.15, 0.2) is 24.5 Å². The van der Waals surface area contributed by atoms with E-state index in [1.54, 1.807) is 36.3 Å². The van der Waals surface area contributed by atoms with Gasteiger partial charge in [-0.3, -0.25) is 4.68 Å². The lowest BCUT2D eigenvalue weighted by Crippen LogP contribution is -2.07. The summed E-state index contributed by atoms with van der Waals surface area (Å²) in [4.78, 5) is 11.3. The Bertz CT molecular complexity index is 472. The highest BCUT2D eigenvalue weighted by molar-refractivity contribution is 5.87. The fourth-order valence-electron chi connectivity index (χ4n) is 1.26. The maximum atomic E-state index is 11.3. The Kier molecular flexibility index (Phi) is 2.24. The van der Waals surface area contributed by atoms with Crippen LogP contribution in [0, 0.1) is 0 Å². The molecule has 0 unspecified atom stereocenters. The highest BCUT2D eigenvalue weighted by atomic mass is 16.5. The molecule has 0 bridgehead atoms. The average Bonchev–Trinajstić information content (AvgIpc) is 2.84. The standard InChI is InChI=1S/C9H10N4O2/c1-12-7(9(14)15-2)6-8(11-12)13-5-3-4-10-13/h3-6H,1-2H3. The summed E-state index contributed by atoms with van der Waals surface area (Å²) >= 11 is 0. The summed E-state index contributed by atoms with van der Waals surface area (Å²) in [7, 11) is 3.02. The van der Waals surface area contributed by atoms with E-state index in [1.165, 1.54) is 11.8 Å². The Balaban J connectivity index is 2.41. The van der Waals surface area contributed by atoms with Crippen LogP contribution in [-0.4, -0.2) is 32.6 Å². The van der Waals surface area contributed by atoms with Gasteiger partial charge < -0.3 is 4.74 Å². The van der Waals surface area contributed by atoms with Gasteiger partial charge in [0.15, 0.2) is 5.82 Å². The van der Waals surface area contributed by atoms with Crippen LogP contribution in [0.5, 0.6) is 0 Å². The molecule has 78 valence electrons. The smallest absolute Gasteiger partial charge is 0.356 e. The second kappa shape index (κ2) is 3.56. The molecule has 6 nitrogen and oxygen atoms in total. The van der Waals surface area contributed by atoms with E-state index < -0.39 is 5.97 Å². The molecule has 2 aromatic rings. The first-order valence-electron chi connectivity index (χ1n) is 4.34. The number of hydrogen-bond acceptors (Lipinski definition) is 4. The minimum atomic E-state index is -0.414. The SMILES string of the molecule is COC(=O)c1cc(-n2cccn2)nn1C. The highest BCUT2D eigenvalue weighted by Crippen LogP contribution is 2.08. The third-order valence-electron chi connectivity index (χ3n) is 2.00. The molecule has 0 aliphatic rings. The van der Waals surface area contributed by atoms with Gasteiger partial charge in [-0.2, -0.15) is 10.2 Å². The second-order valence-corrected chi connectivity index (χ2v) is 2.95. The van der Waals surface area contributed by atoms with Crippen LogP contribution in [-0.2, 0) is 11.8 Å². The minimum absolute atomic E-state index is 0.392. The Hall–Kier alpha value is -2.11. The first kappa shape index (κ1) is 9.45. The van der Waals surface area contributed by atoms with E-state index in [4.69, 9.17) is 0 Å². The summed E-state index contributed by atoms with van der Waals surface area (Å²) in [5, 5.41) is 8.15. The lowest BCUT2D eigenvalue weighted by atomic mass is 10.4. The van der Waals surface area contributed by atoms with E-state index in [1.807, 2.05) is 0 Å². The van der Waals surface area contributed by atoms with Crippen molar-refractivity contribution in [3.05, 3.63) is 30.2 Å². The fraction of sp³-hybridized carbons (Fsp3) is 0.222. The Morgan fingerprint density at radius 1 is 1.53 bits per heavy atom. The lowest BCUT2D eigenvalue weighted by Gasteiger charge is -1.96. The first-order chi connectivity index (χ1) is 7.22. The molecule has 2 rings (SSSR count). The number of ether oxygens (including phenoxy) is 1. The molecule has 15 heavy (non-hydrogen) atoms. The van der Waals surface area contributed by atoms with Crippen LogP contribution in [0.1, 0.15) is 10.5 Å². The van der Waals surface area contributed by atoms with Crippen LogP contribution in [0.2, 0.25) is 0 Å². The number of hydrogen-bond donors (Lipinski definition) is 0. The normalized spacial score (nSPS) is 10.3. The number of aromatic nitrogens is 4. The molecular weight excluding hydrogens is 196 g/mol. The largest absolute Gasteiger partial charge is 0.464 e. The molecule has 0 spiro atoms. The third-order valence-corrected chi connectivity index (χ3v) is 2.00. The molecule has 0 amide bonds. The van der Waals surface area contributed by atoms with E-state index in [2.05, 4.69) is 14.9 Å². The van der Waals surface area contributed by atoms with Crippen LogP contribution >= 0.6 is 0 Å². The van der Waals surface area contributed by atoms with Gasteiger partial charge in [-0.15, -0.1) is 0 Å². The number of nitrogens with zero attached hydrogens (tertiary/aromatic N) is 4. The molecule has 0 fully saturated rings. The van der Waals surface area contributed by atoms with Crippen LogP contribution in [0.25, 0.3) is 5.82 Å². The van der Waals surface area contributed by atoms with Gasteiger partial charge in [-0.1, -0.05) is 0 Å².